The van der Waals surface area contributed by atoms with Crippen LogP contribution in [-0.2, 0) is 17.5 Å². The molecule has 1 aliphatic heterocycles. The van der Waals surface area contributed by atoms with Crippen LogP contribution in [0, 0.1) is 5.82 Å². The molecule has 1 unspecified atom stereocenters. The molecule has 0 aliphatic carbocycles. The number of nitrogens with one attached hydrogen (secondary N) is 1. The first-order valence-corrected chi connectivity index (χ1v) is 12.4. The number of anilines is 1. The Morgan fingerprint density at radius 3 is 2.45 bits per heavy atom. The maximum absolute atomic E-state index is 14.5. The van der Waals surface area contributed by atoms with Crippen molar-refractivity contribution in [3.63, 3.8) is 0 Å². The van der Waals surface area contributed by atoms with Gasteiger partial charge in [0, 0.05) is 36.4 Å². The number of thiazole rings is 1. The highest BCUT2D eigenvalue weighted by Crippen LogP contribution is 2.43. The van der Waals surface area contributed by atoms with E-state index in [2.05, 4.69) is 20.3 Å². The lowest BCUT2D eigenvalue weighted by Crippen LogP contribution is -2.42. The van der Waals surface area contributed by atoms with Crippen LogP contribution in [0.4, 0.5) is 23.5 Å². The fourth-order valence-corrected chi connectivity index (χ4v) is 5.61. The third-order valence-corrected chi connectivity index (χ3v) is 7.67. The molecule has 31 heavy (non-hydrogen) atoms. The maximum atomic E-state index is 14.5. The van der Waals surface area contributed by atoms with Gasteiger partial charge in [-0.05, 0) is 25.7 Å². The monoisotopic (exact) mass is 479 g/mol. The largest absolute Gasteiger partial charge is 0.598 e. The highest BCUT2D eigenvalue weighted by Gasteiger charge is 2.39. The average molecular weight is 480 g/mol. The average Bonchev–Trinajstić information content (AvgIpc) is 3.16. The lowest BCUT2D eigenvalue weighted by atomic mass is 10.1. The summed E-state index contributed by atoms with van der Waals surface area (Å²) in [4.78, 5) is 11.5. The summed E-state index contributed by atoms with van der Waals surface area (Å²) in [5.41, 5.74) is -1.51. The Morgan fingerprint density at radius 1 is 1.26 bits per heavy atom. The highest BCUT2D eigenvalue weighted by atomic mass is 32.2. The molecule has 2 aromatic rings. The van der Waals surface area contributed by atoms with E-state index in [0.29, 0.717) is 43.8 Å². The molecule has 1 N–H and O–H groups in total. The minimum atomic E-state index is -4.72. The van der Waals surface area contributed by atoms with Gasteiger partial charge >= 0.3 is 6.18 Å². The number of rotatable bonds is 7. The molecule has 1 aliphatic rings. The number of alkyl halides is 3. The Hall–Kier alpha value is -1.50. The Kier molecular flexibility index (Phi) is 7.76. The minimum Gasteiger partial charge on any atom is -0.598 e. The molecule has 172 valence electrons. The van der Waals surface area contributed by atoms with Crippen LogP contribution < -0.4 is 5.32 Å². The molecular weight excluding hydrogens is 454 g/mol. The molecule has 0 saturated carbocycles. The minimum absolute atomic E-state index is 0.0400. The van der Waals surface area contributed by atoms with Gasteiger partial charge in [-0.25, -0.2) is 19.3 Å². The van der Waals surface area contributed by atoms with Gasteiger partial charge in [0.05, 0.1) is 16.1 Å². The Bertz CT molecular complexity index is 881. The number of nitrogens with zero attached hydrogens (tertiary/aromatic N) is 4. The Morgan fingerprint density at radius 2 is 1.90 bits per heavy atom. The molecule has 6 nitrogen and oxygen atoms in total. The van der Waals surface area contributed by atoms with E-state index in [0.717, 1.165) is 17.5 Å². The highest BCUT2D eigenvalue weighted by molar-refractivity contribution is 7.88. The van der Waals surface area contributed by atoms with Crippen LogP contribution in [-0.4, -0.2) is 49.2 Å². The van der Waals surface area contributed by atoms with E-state index in [1.807, 2.05) is 18.2 Å². The zero-order valence-corrected chi connectivity index (χ0v) is 19.1. The second-order valence-corrected chi connectivity index (χ2v) is 9.80. The van der Waals surface area contributed by atoms with Crippen molar-refractivity contribution >= 4 is 28.6 Å². The molecule has 1 atom stereocenters. The fraction of sp³-hybridized carbons (Fsp3) is 0.632. The van der Waals surface area contributed by atoms with E-state index < -0.39 is 34.7 Å². The third-order valence-electron chi connectivity index (χ3n) is 5.36. The topological polar surface area (TPSA) is 77.0 Å². The smallest absolute Gasteiger partial charge is 0.434 e. The SMILES string of the molecule is CCC(CC)c1nc(C(F)(F)F)c(-c2nc(NC3CCN([S+](C)[O-])CC3)ncc2F)s1. The van der Waals surface area contributed by atoms with Crippen molar-refractivity contribution in [2.75, 3.05) is 24.7 Å². The van der Waals surface area contributed by atoms with Crippen LogP contribution in [0.2, 0.25) is 0 Å². The zero-order chi connectivity index (χ0) is 22.8. The quantitative estimate of drug-likeness (QED) is 0.453. The molecule has 3 rings (SSSR count). The first kappa shape index (κ1) is 24.1. The second kappa shape index (κ2) is 9.97. The number of aromatic nitrogens is 3. The summed E-state index contributed by atoms with van der Waals surface area (Å²) in [7, 11) is 0. The lowest BCUT2D eigenvalue weighted by molar-refractivity contribution is -0.140. The lowest BCUT2D eigenvalue weighted by Gasteiger charge is -2.30. The molecule has 0 spiro atoms. The Labute approximate surface area is 185 Å². The summed E-state index contributed by atoms with van der Waals surface area (Å²) < 4.78 is 68.9. The summed E-state index contributed by atoms with van der Waals surface area (Å²) in [6.45, 7) is 4.99. The van der Waals surface area contributed by atoms with Crippen molar-refractivity contribution in [3.05, 3.63) is 22.7 Å². The zero-order valence-electron chi connectivity index (χ0n) is 17.5. The Balaban J connectivity index is 1.89. The molecule has 0 radical (unpaired) electrons. The first-order chi connectivity index (χ1) is 14.6. The van der Waals surface area contributed by atoms with Crippen LogP contribution in [0.5, 0.6) is 0 Å². The van der Waals surface area contributed by atoms with E-state index in [4.69, 9.17) is 0 Å². The molecule has 1 saturated heterocycles. The predicted octanol–water partition coefficient (Wildman–Crippen LogP) is 4.83. The normalized spacial score (nSPS) is 17.3. The van der Waals surface area contributed by atoms with Crippen molar-refractivity contribution in [2.24, 2.45) is 0 Å². The van der Waals surface area contributed by atoms with Crippen LogP contribution in [0.15, 0.2) is 6.20 Å². The molecule has 0 amide bonds. The molecule has 1 fully saturated rings. The van der Waals surface area contributed by atoms with Crippen molar-refractivity contribution < 1.29 is 22.1 Å². The van der Waals surface area contributed by atoms with E-state index in [1.165, 1.54) is 0 Å². The van der Waals surface area contributed by atoms with E-state index in [9.17, 15) is 22.1 Å². The van der Waals surface area contributed by atoms with Crippen molar-refractivity contribution in [1.29, 1.82) is 0 Å². The predicted molar refractivity (Wildman–Crippen MR) is 114 cm³/mol. The summed E-state index contributed by atoms with van der Waals surface area (Å²) in [5.74, 6) is -0.985. The standard InChI is InChI=1S/C19H25F4N5OS2/c1-4-11(5-2)17-27-16(19(21,22)23)15(30-17)14-13(20)10-24-18(26-14)25-12-6-8-28(9-7-12)31(3)29/h10-12H,4-9H2,1-3H3,(H,24,25,26). The van der Waals surface area contributed by atoms with Gasteiger partial charge in [-0.15, -0.1) is 15.6 Å². The maximum Gasteiger partial charge on any atom is 0.434 e. The number of hydrogen-bond acceptors (Lipinski definition) is 7. The summed E-state index contributed by atoms with van der Waals surface area (Å²) in [5, 5.41) is 3.41. The van der Waals surface area contributed by atoms with Crippen molar-refractivity contribution in [1.82, 2.24) is 19.3 Å². The van der Waals surface area contributed by atoms with Gasteiger partial charge in [0.25, 0.3) is 0 Å². The van der Waals surface area contributed by atoms with E-state index in [-0.39, 0.29) is 22.8 Å². The molecular formula is C19H25F4N5OS2. The number of halogens is 4. The van der Waals surface area contributed by atoms with Crippen LogP contribution in [0.1, 0.15) is 56.2 Å². The molecule has 3 heterocycles. The van der Waals surface area contributed by atoms with Crippen molar-refractivity contribution in [3.8, 4) is 10.6 Å². The van der Waals surface area contributed by atoms with Gasteiger partial charge in [-0.3, -0.25) is 0 Å². The fourth-order valence-electron chi connectivity index (χ4n) is 3.54. The summed E-state index contributed by atoms with van der Waals surface area (Å²) in [6.07, 6.45) is 0.404. The number of piperidine rings is 1. The van der Waals surface area contributed by atoms with Gasteiger partial charge in [0.1, 0.15) is 11.9 Å². The van der Waals surface area contributed by atoms with Gasteiger partial charge in [0.2, 0.25) is 5.95 Å². The van der Waals surface area contributed by atoms with Gasteiger partial charge in [0.15, 0.2) is 11.5 Å². The molecule has 12 heteroatoms. The van der Waals surface area contributed by atoms with E-state index in [1.54, 1.807) is 6.26 Å². The molecule has 2 aromatic heterocycles. The van der Waals surface area contributed by atoms with Gasteiger partial charge in [-0.1, -0.05) is 13.8 Å². The number of hydrogen-bond donors (Lipinski definition) is 1. The summed E-state index contributed by atoms with van der Waals surface area (Å²) >= 11 is -0.208. The van der Waals surface area contributed by atoms with E-state index >= 15 is 0 Å². The van der Waals surface area contributed by atoms with Crippen LogP contribution in [0.3, 0.4) is 0 Å². The molecule has 0 aromatic carbocycles. The third kappa shape index (κ3) is 5.65. The van der Waals surface area contributed by atoms with Crippen LogP contribution >= 0.6 is 11.3 Å². The van der Waals surface area contributed by atoms with Crippen molar-refractivity contribution in [2.45, 2.75) is 57.7 Å². The summed E-state index contributed by atoms with van der Waals surface area (Å²) in [6, 6.07) is -0.0400. The van der Waals surface area contributed by atoms with Gasteiger partial charge in [-0.2, -0.15) is 13.2 Å². The first-order valence-electron chi connectivity index (χ1n) is 10.1. The molecule has 0 bridgehead atoms. The van der Waals surface area contributed by atoms with Gasteiger partial charge < -0.3 is 9.87 Å². The van der Waals surface area contributed by atoms with Crippen LogP contribution in [0.25, 0.3) is 10.6 Å². The second-order valence-electron chi connectivity index (χ2n) is 7.40.